The quantitative estimate of drug-likeness (QED) is 0.731. The Bertz CT molecular complexity index is 621. The summed E-state index contributed by atoms with van der Waals surface area (Å²) in [6.45, 7) is 2.24. The number of nitrogens with zero attached hydrogens (tertiary/aromatic N) is 4. The van der Waals surface area contributed by atoms with Gasteiger partial charge in [0.2, 0.25) is 0 Å². The van der Waals surface area contributed by atoms with E-state index in [2.05, 4.69) is 38.1 Å². The van der Waals surface area contributed by atoms with Gasteiger partial charge in [-0.1, -0.05) is 12.2 Å². The molecule has 0 spiro atoms. The standard InChI is InChI=1S/C15H16N4/c1-2-4-12-10-19(9-11(12)3-1)14-6-5-13-15(18-14)17-8-7-16-13/h1-2,5-8,11-12H,3-4,9-10H2. The SMILES string of the molecule is C1=CCC2CN(c3ccc4nccnc4n3)CC2C1. The van der Waals surface area contributed by atoms with Crippen LogP contribution in [0.25, 0.3) is 11.2 Å². The van der Waals surface area contributed by atoms with Gasteiger partial charge in [-0.25, -0.2) is 9.97 Å². The Morgan fingerprint density at radius 1 is 0.947 bits per heavy atom. The number of allylic oxidation sites excluding steroid dienone is 2. The molecule has 1 saturated heterocycles. The van der Waals surface area contributed by atoms with Gasteiger partial charge in [0, 0.05) is 25.5 Å². The minimum absolute atomic E-state index is 0.744. The van der Waals surface area contributed by atoms with Crippen LogP contribution in [0, 0.1) is 11.8 Å². The van der Waals surface area contributed by atoms with Gasteiger partial charge in [-0.05, 0) is 36.8 Å². The number of rotatable bonds is 1. The van der Waals surface area contributed by atoms with Crippen molar-refractivity contribution >= 4 is 17.0 Å². The summed E-state index contributed by atoms with van der Waals surface area (Å²) in [4.78, 5) is 15.6. The molecule has 4 nitrogen and oxygen atoms in total. The van der Waals surface area contributed by atoms with Crippen molar-refractivity contribution in [2.24, 2.45) is 11.8 Å². The molecule has 3 heterocycles. The summed E-state index contributed by atoms with van der Waals surface area (Å²) < 4.78 is 0. The lowest BCUT2D eigenvalue weighted by Crippen LogP contribution is -2.21. The fourth-order valence-electron chi connectivity index (χ4n) is 3.22. The molecule has 2 atom stereocenters. The van der Waals surface area contributed by atoms with Gasteiger partial charge in [0.25, 0.3) is 0 Å². The lowest BCUT2D eigenvalue weighted by Gasteiger charge is -2.17. The van der Waals surface area contributed by atoms with Crippen LogP contribution in [-0.2, 0) is 0 Å². The van der Waals surface area contributed by atoms with Crippen LogP contribution in [0.4, 0.5) is 5.82 Å². The van der Waals surface area contributed by atoms with Crippen LogP contribution in [0.5, 0.6) is 0 Å². The predicted octanol–water partition coefficient (Wildman–Crippen LogP) is 2.43. The van der Waals surface area contributed by atoms with E-state index in [1.807, 2.05) is 6.07 Å². The summed E-state index contributed by atoms with van der Waals surface area (Å²) in [5, 5.41) is 0. The summed E-state index contributed by atoms with van der Waals surface area (Å²) in [6.07, 6.45) is 10.5. The van der Waals surface area contributed by atoms with E-state index in [0.717, 1.165) is 41.9 Å². The zero-order chi connectivity index (χ0) is 12.7. The van der Waals surface area contributed by atoms with Crippen molar-refractivity contribution in [1.82, 2.24) is 15.0 Å². The monoisotopic (exact) mass is 252 g/mol. The molecule has 2 aliphatic rings. The highest BCUT2D eigenvalue weighted by Gasteiger charge is 2.33. The average molecular weight is 252 g/mol. The minimum atomic E-state index is 0.744. The van der Waals surface area contributed by atoms with Crippen LogP contribution in [0.3, 0.4) is 0 Å². The third-order valence-electron chi connectivity index (χ3n) is 4.26. The van der Waals surface area contributed by atoms with Gasteiger partial charge >= 0.3 is 0 Å². The zero-order valence-corrected chi connectivity index (χ0v) is 10.7. The second-order valence-electron chi connectivity index (χ2n) is 5.44. The predicted molar refractivity (Wildman–Crippen MR) is 74.9 cm³/mol. The molecular weight excluding hydrogens is 236 g/mol. The summed E-state index contributed by atoms with van der Waals surface area (Å²) in [6, 6.07) is 4.09. The van der Waals surface area contributed by atoms with Crippen molar-refractivity contribution in [1.29, 1.82) is 0 Å². The molecule has 1 aliphatic carbocycles. The van der Waals surface area contributed by atoms with Crippen LogP contribution < -0.4 is 4.90 Å². The number of pyridine rings is 1. The van der Waals surface area contributed by atoms with Gasteiger partial charge in [-0.3, -0.25) is 4.98 Å². The molecule has 2 aromatic rings. The number of fused-ring (bicyclic) bond motifs is 2. The highest BCUT2D eigenvalue weighted by molar-refractivity contribution is 5.71. The highest BCUT2D eigenvalue weighted by Crippen LogP contribution is 2.34. The normalized spacial score (nSPS) is 25.8. The molecule has 0 amide bonds. The number of hydrogen-bond donors (Lipinski definition) is 0. The van der Waals surface area contributed by atoms with E-state index < -0.39 is 0 Å². The van der Waals surface area contributed by atoms with E-state index in [0.29, 0.717) is 0 Å². The molecule has 4 heteroatoms. The number of hydrogen-bond acceptors (Lipinski definition) is 4. The maximum atomic E-state index is 4.65. The van der Waals surface area contributed by atoms with E-state index in [1.165, 1.54) is 12.8 Å². The maximum Gasteiger partial charge on any atom is 0.180 e. The minimum Gasteiger partial charge on any atom is -0.356 e. The molecule has 1 aliphatic heterocycles. The topological polar surface area (TPSA) is 41.9 Å². The lowest BCUT2D eigenvalue weighted by molar-refractivity contribution is 0.411. The van der Waals surface area contributed by atoms with Gasteiger partial charge in [0.05, 0.1) is 0 Å². The smallest absolute Gasteiger partial charge is 0.180 e. The highest BCUT2D eigenvalue weighted by atomic mass is 15.2. The van der Waals surface area contributed by atoms with Crippen LogP contribution >= 0.6 is 0 Å². The molecule has 0 saturated carbocycles. The second kappa shape index (κ2) is 4.30. The van der Waals surface area contributed by atoms with Gasteiger partial charge in [0.1, 0.15) is 11.3 Å². The number of anilines is 1. The Morgan fingerprint density at radius 3 is 2.47 bits per heavy atom. The van der Waals surface area contributed by atoms with Crippen LogP contribution in [0.1, 0.15) is 12.8 Å². The zero-order valence-electron chi connectivity index (χ0n) is 10.7. The van der Waals surface area contributed by atoms with E-state index in [4.69, 9.17) is 0 Å². The van der Waals surface area contributed by atoms with Crippen molar-refractivity contribution < 1.29 is 0 Å². The molecule has 1 fully saturated rings. The second-order valence-corrected chi connectivity index (χ2v) is 5.44. The van der Waals surface area contributed by atoms with Crippen LogP contribution in [0.2, 0.25) is 0 Å². The number of aromatic nitrogens is 3. The van der Waals surface area contributed by atoms with E-state index in [9.17, 15) is 0 Å². The summed E-state index contributed by atoms with van der Waals surface area (Å²) >= 11 is 0. The molecule has 0 bridgehead atoms. The molecule has 0 N–H and O–H groups in total. The Kier molecular flexibility index (Phi) is 2.47. The molecule has 19 heavy (non-hydrogen) atoms. The Balaban J connectivity index is 1.64. The Hall–Kier alpha value is -1.97. The van der Waals surface area contributed by atoms with Crippen molar-refractivity contribution in [3.05, 3.63) is 36.7 Å². The molecule has 2 aromatic heterocycles. The van der Waals surface area contributed by atoms with Crippen molar-refractivity contribution in [3.63, 3.8) is 0 Å². The molecule has 4 rings (SSSR count). The summed E-state index contributed by atoms with van der Waals surface area (Å²) in [7, 11) is 0. The molecule has 2 unspecified atom stereocenters. The first kappa shape index (κ1) is 10.9. The first-order chi connectivity index (χ1) is 9.40. The summed E-state index contributed by atoms with van der Waals surface area (Å²) in [5.74, 6) is 2.64. The van der Waals surface area contributed by atoms with E-state index in [-0.39, 0.29) is 0 Å². The molecule has 0 radical (unpaired) electrons. The third-order valence-corrected chi connectivity index (χ3v) is 4.26. The molecule has 0 aromatic carbocycles. The van der Waals surface area contributed by atoms with Gasteiger partial charge in [-0.15, -0.1) is 0 Å². The van der Waals surface area contributed by atoms with E-state index in [1.54, 1.807) is 12.4 Å². The first-order valence-electron chi connectivity index (χ1n) is 6.88. The molecule has 96 valence electrons. The maximum absolute atomic E-state index is 4.65. The first-order valence-corrected chi connectivity index (χ1v) is 6.88. The third kappa shape index (κ3) is 1.87. The van der Waals surface area contributed by atoms with E-state index >= 15 is 0 Å². The van der Waals surface area contributed by atoms with Crippen molar-refractivity contribution in [3.8, 4) is 0 Å². The molecular formula is C15H16N4. The Labute approximate surface area is 112 Å². The summed E-state index contributed by atoms with van der Waals surface area (Å²) in [5.41, 5.74) is 1.61. The Morgan fingerprint density at radius 2 is 1.68 bits per heavy atom. The average Bonchev–Trinajstić information content (AvgIpc) is 2.90. The van der Waals surface area contributed by atoms with Gasteiger partial charge in [-0.2, -0.15) is 0 Å². The van der Waals surface area contributed by atoms with Gasteiger partial charge < -0.3 is 4.90 Å². The van der Waals surface area contributed by atoms with Crippen molar-refractivity contribution in [2.45, 2.75) is 12.8 Å². The fraction of sp³-hybridized carbons (Fsp3) is 0.400. The largest absolute Gasteiger partial charge is 0.356 e. The van der Waals surface area contributed by atoms with Crippen molar-refractivity contribution in [2.75, 3.05) is 18.0 Å². The van der Waals surface area contributed by atoms with Gasteiger partial charge in [0.15, 0.2) is 5.65 Å². The fourth-order valence-corrected chi connectivity index (χ4v) is 3.22. The van der Waals surface area contributed by atoms with Crippen LogP contribution in [-0.4, -0.2) is 28.0 Å². The van der Waals surface area contributed by atoms with Crippen LogP contribution in [0.15, 0.2) is 36.7 Å². The lowest BCUT2D eigenvalue weighted by atomic mass is 9.86.